The van der Waals surface area contributed by atoms with Gasteiger partial charge in [-0.3, -0.25) is 4.79 Å². The summed E-state index contributed by atoms with van der Waals surface area (Å²) in [5.74, 6) is 0.678. The molecular weight excluding hydrogens is 380 g/mol. The fourth-order valence-electron chi connectivity index (χ4n) is 2.57. The Morgan fingerprint density at radius 2 is 2.15 bits per heavy atom. The molecule has 0 aliphatic rings. The van der Waals surface area contributed by atoms with Crippen molar-refractivity contribution in [3.63, 3.8) is 0 Å². The number of thioether (sulfide) groups is 1. The molecule has 1 aromatic carbocycles. The van der Waals surface area contributed by atoms with Crippen LogP contribution in [0.4, 0.5) is 0 Å². The van der Waals surface area contributed by atoms with E-state index in [0.717, 1.165) is 23.3 Å². The van der Waals surface area contributed by atoms with Gasteiger partial charge in [-0.05, 0) is 48.5 Å². The van der Waals surface area contributed by atoms with E-state index in [9.17, 15) is 9.59 Å². The number of carbonyl (C=O) groups is 2. The standard InChI is InChI=1S/C20H30N2O3S2/c1-4-15-9-8-14(6-5-7-16(21)13-26)12-17(15)19(23)22-18(10-11-27-3)20(24)25-2/h5,7-9,12,16,18,26H,4,6,10-11,13,21H2,1-3H3,(H,22,23)/b7-5+/t16?,18-/m0/s1. The maximum atomic E-state index is 12.8. The Labute approximate surface area is 171 Å². The quantitative estimate of drug-likeness (QED) is 0.297. The van der Waals surface area contributed by atoms with Gasteiger partial charge in [0, 0.05) is 17.4 Å². The molecule has 1 unspecified atom stereocenters. The number of carbonyl (C=O) groups excluding carboxylic acids is 2. The Morgan fingerprint density at radius 3 is 2.74 bits per heavy atom. The molecule has 2 atom stereocenters. The molecule has 0 aliphatic carbocycles. The number of allylic oxidation sites excluding steroid dienone is 1. The summed E-state index contributed by atoms with van der Waals surface area (Å²) < 4.78 is 4.82. The van der Waals surface area contributed by atoms with Crippen LogP contribution in [0.25, 0.3) is 0 Å². The topological polar surface area (TPSA) is 81.4 Å². The number of aryl methyl sites for hydroxylation is 1. The molecule has 27 heavy (non-hydrogen) atoms. The molecule has 1 rings (SSSR count). The van der Waals surface area contributed by atoms with Gasteiger partial charge in [0.2, 0.25) is 0 Å². The highest BCUT2D eigenvalue weighted by molar-refractivity contribution is 7.98. The molecule has 0 aliphatic heterocycles. The maximum absolute atomic E-state index is 12.8. The van der Waals surface area contributed by atoms with Crippen LogP contribution in [0.15, 0.2) is 30.4 Å². The largest absolute Gasteiger partial charge is 0.467 e. The van der Waals surface area contributed by atoms with Crippen LogP contribution >= 0.6 is 24.4 Å². The van der Waals surface area contributed by atoms with Crippen LogP contribution in [0.1, 0.15) is 34.8 Å². The van der Waals surface area contributed by atoms with Gasteiger partial charge >= 0.3 is 5.97 Å². The van der Waals surface area contributed by atoms with Crippen LogP contribution in [-0.2, 0) is 22.4 Å². The molecule has 0 saturated carbocycles. The second kappa shape index (κ2) is 12.9. The Kier molecular flexibility index (Phi) is 11.2. The first-order chi connectivity index (χ1) is 13.0. The van der Waals surface area contributed by atoms with Crippen LogP contribution in [0, 0.1) is 0 Å². The van der Waals surface area contributed by atoms with Gasteiger partial charge in [0.1, 0.15) is 6.04 Å². The molecule has 3 N–H and O–H groups in total. The predicted octanol–water partition coefficient (Wildman–Crippen LogP) is 2.63. The molecule has 0 heterocycles. The minimum absolute atomic E-state index is 0.0803. The van der Waals surface area contributed by atoms with Crippen molar-refractivity contribution in [2.75, 3.05) is 24.9 Å². The second-order valence-corrected chi connectivity index (χ2v) is 7.51. The summed E-state index contributed by atoms with van der Waals surface area (Å²) in [7, 11) is 1.33. The van der Waals surface area contributed by atoms with E-state index in [0.29, 0.717) is 24.2 Å². The lowest BCUT2D eigenvalue weighted by molar-refractivity contribution is -0.142. The van der Waals surface area contributed by atoms with Gasteiger partial charge < -0.3 is 15.8 Å². The van der Waals surface area contributed by atoms with E-state index >= 15 is 0 Å². The summed E-state index contributed by atoms with van der Waals surface area (Å²) in [6.45, 7) is 2.00. The summed E-state index contributed by atoms with van der Waals surface area (Å²) in [5.41, 5.74) is 8.38. The molecule has 5 nitrogen and oxygen atoms in total. The third kappa shape index (κ3) is 7.99. The Bertz CT molecular complexity index is 650. The average molecular weight is 411 g/mol. The number of nitrogens with one attached hydrogen (secondary N) is 1. The zero-order valence-corrected chi connectivity index (χ0v) is 17.9. The highest BCUT2D eigenvalue weighted by Gasteiger charge is 2.22. The molecule has 0 aromatic heterocycles. The van der Waals surface area contributed by atoms with Crippen molar-refractivity contribution in [3.05, 3.63) is 47.0 Å². The first-order valence-corrected chi connectivity index (χ1v) is 11.0. The van der Waals surface area contributed by atoms with E-state index in [1.54, 1.807) is 11.8 Å². The zero-order valence-electron chi connectivity index (χ0n) is 16.2. The maximum Gasteiger partial charge on any atom is 0.328 e. The number of ether oxygens (including phenoxy) is 1. The number of thiol groups is 1. The third-order valence-corrected chi connectivity index (χ3v) is 5.21. The van der Waals surface area contributed by atoms with Crippen LogP contribution in [0.3, 0.4) is 0 Å². The predicted molar refractivity (Wildman–Crippen MR) is 117 cm³/mol. The molecule has 0 saturated heterocycles. The zero-order chi connectivity index (χ0) is 20.2. The normalized spacial score (nSPS) is 13.4. The summed E-state index contributed by atoms with van der Waals surface area (Å²) in [6.07, 6.45) is 7.80. The minimum Gasteiger partial charge on any atom is -0.467 e. The van der Waals surface area contributed by atoms with Crippen molar-refractivity contribution in [2.45, 2.75) is 38.3 Å². The molecule has 0 fully saturated rings. The molecule has 150 valence electrons. The number of rotatable bonds is 11. The van der Waals surface area contributed by atoms with Crippen molar-refractivity contribution in [3.8, 4) is 0 Å². The van der Waals surface area contributed by atoms with Crippen LogP contribution < -0.4 is 11.1 Å². The summed E-state index contributed by atoms with van der Waals surface area (Å²) in [5, 5.41) is 2.83. The van der Waals surface area contributed by atoms with Crippen molar-refractivity contribution >= 4 is 36.3 Å². The number of hydrogen-bond donors (Lipinski definition) is 3. The molecule has 1 amide bonds. The van der Waals surface area contributed by atoms with E-state index in [2.05, 4.69) is 17.9 Å². The summed E-state index contributed by atoms with van der Waals surface area (Å²) >= 11 is 5.78. The number of amides is 1. The smallest absolute Gasteiger partial charge is 0.328 e. The fourth-order valence-corrected chi connectivity index (χ4v) is 3.17. The molecular formula is C20H30N2O3S2. The Balaban J connectivity index is 2.96. The highest BCUT2D eigenvalue weighted by Crippen LogP contribution is 2.15. The van der Waals surface area contributed by atoms with E-state index in [1.165, 1.54) is 7.11 Å². The summed E-state index contributed by atoms with van der Waals surface area (Å²) in [4.78, 5) is 24.8. The first-order valence-electron chi connectivity index (χ1n) is 8.99. The lowest BCUT2D eigenvalue weighted by atomic mass is 9.99. The van der Waals surface area contributed by atoms with E-state index in [1.807, 2.05) is 43.5 Å². The van der Waals surface area contributed by atoms with Gasteiger partial charge in [-0.1, -0.05) is 31.2 Å². The third-order valence-electron chi connectivity index (χ3n) is 4.15. The van der Waals surface area contributed by atoms with Crippen LogP contribution in [0.5, 0.6) is 0 Å². The van der Waals surface area contributed by atoms with Crippen molar-refractivity contribution in [1.82, 2.24) is 5.32 Å². The SMILES string of the molecule is CCc1ccc(C/C=C/C(N)CS)cc1C(=O)N[C@@H](CCSC)C(=O)OC. The van der Waals surface area contributed by atoms with Gasteiger partial charge in [0.15, 0.2) is 0 Å². The number of hydrogen-bond acceptors (Lipinski definition) is 6. The first kappa shape index (κ1) is 23.6. The van der Waals surface area contributed by atoms with E-state index in [-0.39, 0.29) is 11.9 Å². The molecule has 0 radical (unpaired) electrons. The van der Waals surface area contributed by atoms with Crippen molar-refractivity contribution < 1.29 is 14.3 Å². The molecule has 0 bridgehead atoms. The van der Waals surface area contributed by atoms with Crippen LogP contribution in [-0.4, -0.2) is 48.8 Å². The number of nitrogens with two attached hydrogens (primary N) is 1. The van der Waals surface area contributed by atoms with Gasteiger partial charge in [0.05, 0.1) is 7.11 Å². The highest BCUT2D eigenvalue weighted by atomic mass is 32.2. The van der Waals surface area contributed by atoms with E-state index < -0.39 is 12.0 Å². The van der Waals surface area contributed by atoms with Gasteiger partial charge in [-0.15, -0.1) is 0 Å². The Hall–Kier alpha value is -1.44. The molecule has 1 aromatic rings. The van der Waals surface area contributed by atoms with E-state index in [4.69, 9.17) is 10.5 Å². The van der Waals surface area contributed by atoms with Gasteiger partial charge in [-0.2, -0.15) is 24.4 Å². The van der Waals surface area contributed by atoms with Crippen molar-refractivity contribution in [2.24, 2.45) is 5.73 Å². The monoisotopic (exact) mass is 410 g/mol. The number of esters is 1. The fraction of sp³-hybridized carbons (Fsp3) is 0.500. The van der Waals surface area contributed by atoms with Gasteiger partial charge in [0.25, 0.3) is 5.91 Å². The van der Waals surface area contributed by atoms with Crippen LogP contribution in [0.2, 0.25) is 0 Å². The number of methoxy groups -OCH3 is 1. The minimum atomic E-state index is -0.642. The van der Waals surface area contributed by atoms with Gasteiger partial charge in [-0.25, -0.2) is 4.79 Å². The lowest BCUT2D eigenvalue weighted by Gasteiger charge is -2.17. The Morgan fingerprint density at radius 1 is 1.41 bits per heavy atom. The molecule has 7 heteroatoms. The lowest BCUT2D eigenvalue weighted by Crippen LogP contribution is -2.42. The summed E-state index contributed by atoms with van der Waals surface area (Å²) in [6, 6.07) is 5.14. The molecule has 0 spiro atoms. The number of benzene rings is 1. The average Bonchev–Trinajstić information content (AvgIpc) is 2.69. The second-order valence-electron chi connectivity index (χ2n) is 6.15. The van der Waals surface area contributed by atoms with Crippen molar-refractivity contribution in [1.29, 1.82) is 0 Å².